The summed E-state index contributed by atoms with van der Waals surface area (Å²) in [4.78, 5) is 48.3. The molecule has 0 aromatic rings. The van der Waals surface area contributed by atoms with E-state index in [9.17, 15) is 19.2 Å². The molecule has 0 bridgehead atoms. The Balaban J connectivity index is 5.37. The fourth-order valence-electron chi connectivity index (χ4n) is 2.27. The van der Waals surface area contributed by atoms with E-state index < -0.39 is 54.5 Å². The Morgan fingerprint density at radius 2 is 1.46 bits per heavy atom. The van der Waals surface area contributed by atoms with Gasteiger partial charge in [-0.15, -0.1) is 0 Å². The van der Waals surface area contributed by atoms with Crippen LogP contribution in [0, 0.1) is 11.8 Å². The van der Waals surface area contributed by atoms with E-state index in [1.807, 2.05) is 6.92 Å². The SMILES string of the molecule is CCC(C)C(NC(=O)C(NC(=O)C(N)CS)C(C)C)C(=O)NC(CO)C(=O)O. The molecule has 11 heteroatoms. The summed E-state index contributed by atoms with van der Waals surface area (Å²) in [6, 6.07) is -4.34. The van der Waals surface area contributed by atoms with Crippen LogP contribution in [0.1, 0.15) is 34.1 Å². The lowest BCUT2D eigenvalue weighted by Gasteiger charge is -2.29. The van der Waals surface area contributed by atoms with Gasteiger partial charge in [0.25, 0.3) is 0 Å². The summed E-state index contributed by atoms with van der Waals surface area (Å²) in [7, 11) is 0. The molecular formula is C17H32N4O6S. The van der Waals surface area contributed by atoms with Crippen LogP contribution in [0.3, 0.4) is 0 Å². The molecule has 7 N–H and O–H groups in total. The predicted octanol–water partition coefficient (Wildman–Crippen LogP) is -1.52. The van der Waals surface area contributed by atoms with Crippen molar-refractivity contribution in [2.24, 2.45) is 17.6 Å². The van der Waals surface area contributed by atoms with Gasteiger partial charge in [-0.05, 0) is 11.8 Å². The smallest absolute Gasteiger partial charge is 0.328 e. The number of rotatable bonds is 12. The van der Waals surface area contributed by atoms with Crippen LogP contribution in [0.25, 0.3) is 0 Å². The number of nitrogens with two attached hydrogens (primary N) is 1. The Kier molecular flexibility index (Phi) is 11.7. The van der Waals surface area contributed by atoms with Crippen molar-refractivity contribution in [1.82, 2.24) is 16.0 Å². The van der Waals surface area contributed by atoms with Crippen LogP contribution < -0.4 is 21.7 Å². The van der Waals surface area contributed by atoms with E-state index in [0.29, 0.717) is 6.42 Å². The first-order valence-corrected chi connectivity index (χ1v) is 9.74. The van der Waals surface area contributed by atoms with Gasteiger partial charge in [0.15, 0.2) is 0 Å². The number of nitrogens with one attached hydrogen (secondary N) is 3. The molecule has 0 aliphatic rings. The molecule has 5 atom stereocenters. The van der Waals surface area contributed by atoms with Gasteiger partial charge >= 0.3 is 5.97 Å². The number of hydrogen-bond acceptors (Lipinski definition) is 7. The van der Waals surface area contributed by atoms with Crippen LogP contribution >= 0.6 is 12.6 Å². The van der Waals surface area contributed by atoms with E-state index in [0.717, 1.165) is 0 Å². The molecule has 28 heavy (non-hydrogen) atoms. The van der Waals surface area contributed by atoms with E-state index in [-0.39, 0.29) is 17.6 Å². The Morgan fingerprint density at radius 1 is 0.964 bits per heavy atom. The van der Waals surface area contributed by atoms with Crippen molar-refractivity contribution in [3.8, 4) is 0 Å². The Morgan fingerprint density at radius 3 is 1.86 bits per heavy atom. The fraction of sp³-hybridized carbons (Fsp3) is 0.765. The summed E-state index contributed by atoms with van der Waals surface area (Å²) in [5.41, 5.74) is 5.62. The molecule has 0 fully saturated rings. The quantitative estimate of drug-likeness (QED) is 0.188. The van der Waals surface area contributed by atoms with E-state index in [4.69, 9.17) is 15.9 Å². The minimum atomic E-state index is -1.48. The highest BCUT2D eigenvalue weighted by molar-refractivity contribution is 7.80. The third kappa shape index (κ3) is 8.03. The minimum Gasteiger partial charge on any atom is -0.480 e. The first-order valence-electron chi connectivity index (χ1n) is 9.11. The van der Waals surface area contributed by atoms with Gasteiger partial charge in [-0.3, -0.25) is 14.4 Å². The lowest BCUT2D eigenvalue weighted by molar-refractivity contribution is -0.143. The van der Waals surface area contributed by atoms with Crippen LogP contribution in [-0.4, -0.2) is 70.4 Å². The molecule has 162 valence electrons. The van der Waals surface area contributed by atoms with Gasteiger partial charge in [0.05, 0.1) is 12.6 Å². The van der Waals surface area contributed by atoms with Gasteiger partial charge < -0.3 is 31.9 Å². The molecule has 0 aromatic carbocycles. The van der Waals surface area contributed by atoms with Crippen LogP contribution in [-0.2, 0) is 19.2 Å². The number of carbonyl (C=O) groups excluding carboxylic acids is 3. The van der Waals surface area contributed by atoms with Gasteiger partial charge in [-0.1, -0.05) is 34.1 Å². The largest absolute Gasteiger partial charge is 0.480 e. The van der Waals surface area contributed by atoms with Crippen LogP contribution in [0.5, 0.6) is 0 Å². The molecule has 0 heterocycles. The third-order valence-corrected chi connectivity index (χ3v) is 4.76. The first kappa shape index (κ1) is 26.1. The zero-order valence-electron chi connectivity index (χ0n) is 16.6. The van der Waals surface area contributed by atoms with Crippen LogP contribution in [0.4, 0.5) is 0 Å². The van der Waals surface area contributed by atoms with Crippen molar-refractivity contribution in [2.45, 2.75) is 58.3 Å². The van der Waals surface area contributed by atoms with Crippen LogP contribution in [0.15, 0.2) is 0 Å². The van der Waals surface area contributed by atoms with Crippen molar-refractivity contribution in [3.05, 3.63) is 0 Å². The van der Waals surface area contributed by atoms with E-state index in [1.54, 1.807) is 20.8 Å². The molecule has 3 amide bonds. The van der Waals surface area contributed by atoms with Crippen molar-refractivity contribution in [3.63, 3.8) is 0 Å². The normalized spacial score (nSPS) is 16.4. The maximum Gasteiger partial charge on any atom is 0.328 e. The second-order valence-corrected chi connectivity index (χ2v) is 7.34. The lowest BCUT2D eigenvalue weighted by atomic mass is 9.96. The summed E-state index contributed by atoms with van der Waals surface area (Å²) in [5, 5.41) is 25.4. The van der Waals surface area contributed by atoms with Gasteiger partial charge in [-0.2, -0.15) is 12.6 Å². The zero-order valence-corrected chi connectivity index (χ0v) is 17.5. The van der Waals surface area contributed by atoms with Crippen molar-refractivity contribution >= 4 is 36.3 Å². The van der Waals surface area contributed by atoms with Crippen molar-refractivity contribution in [1.29, 1.82) is 0 Å². The summed E-state index contributed by atoms with van der Waals surface area (Å²) in [6.07, 6.45) is 0.526. The minimum absolute atomic E-state index is 0.105. The topological polar surface area (TPSA) is 171 Å². The second kappa shape index (κ2) is 12.6. The number of aliphatic hydroxyl groups excluding tert-OH is 1. The highest BCUT2D eigenvalue weighted by atomic mass is 32.1. The summed E-state index contributed by atoms with van der Waals surface area (Å²) in [5.74, 6) is -3.76. The molecule has 0 aromatic heterocycles. The molecular weight excluding hydrogens is 388 g/mol. The van der Waals surface area contributed by atoms with Gasteiger partial charge in [0, 0.05) is 5.75 Å². The summed E-state index contributed by atoms with van der Waals surface area (Å²) >= 11 is 3.95. The number of amides is 3. The van der Waals surface area contributed by atoms with E-state index in [2.05, 4.69) is 28.6 Å². The number of carboxylic acid groups (broad SMARTS) is 1. The van der Waals surface area contributed by atoms with E-state index in [1.165, 1.54) is 0 Å². The molecule has 0 aliphatic carbocycles. The first-order chi connectivity index (χ1) is 13.0. The maximum atomic E-state index is 12.7. The molecule has 0 spiro atoms. The molecule has 5 unspecified atom stereocenters. The number of aliphatic carboxylic acids is 1. The maximum absolute atomic E-state index is 12.7. The molecule has 0 saturated heterocycles. The number of carbonyl (C=O) groups is 4. The zero-order chi connectivity index (χ0) is 22.0. The van der Waals surface area contributed by atoms with Crippen LogP contribution in [0.2, 0.25) is 0 Å². The fourth-order valence-corrected chi connectivity index (χ4v) is 2.44. The lowest BCUT2D eigenvalue weighted by Crippen LogP contribution is -2.60. The Hall–Kier alpha value is -1.85. The Labute approximate surface area is 170 Å². The van der Waals surface area contributed by atoms with Crippen molar-refractivity contribution in [2.75, 3.05) is 12.4 Å². The predicted molar refractivity (Wildman–Crippen MR) is 107 cm³/mol. The van der Waals surface area contributed by atoms with Gasteiger partial charge in [-0.25, -0.2) is 4.79 Å². The number of aliphatic hydroxyl groups is 1. The number of thiol groups is 1. The summed E-state index contributed by atoms with van der Waals surface area (Å²) < 4.78 is 0. The Bertz CT molecular complexity index is 560. The molecule has 0 aliphatic heterocycles. The number of hydrogen-bond donors (Lipinski definition) is 7. The third-order valence-electron chi connectivity index (χ3n) is 4.37. The average Bonchev–Trinajstić information content (AvgIpc) is 2.65. The highest BCUT2D eigenvalue weighted by Gasteiger charge is 2.33. The highest BCUT2D eigenvalue weighted by Crippen LogP contribution is 2.11. The van der Waals surface area contributed by atoms with Gasteiger partial charge in [0.1, 0.15) is 18.1 Å². The molecule has 10 nitrogen and oxygen atoms in total. The average molecular weight is 421 g/mol. The summed E-state index contributed by atoms with van der Waals surface area (Å²) in [6.45, 7) is 6.20. The molecule has 0 rings (SSSR count). The molecule has 0 saturated carbocycles. The van der Waals surface area contributed by atoms with E-state index >= 15 is 0 Å². The second-order valence-electron chi connectivity index (χ2n) is 6.97. The number of carboxylic acids is 1. The van der Waals surface area contributed by atoms with Crippen molar-refractivity contribution < 1.29 is 29.4 Å². The van der Waals surface area contributed by atoms with Gasteiger partial charge in [0.2, 0.25) is 17.7 Å². The monoisotopic (exact) mass is 420 g/mol. The standard InChI is InChI=1S/C17H32N4O6S/c1-5-9(4)13(16(25)19-11(6-22)17(26)27)21-15(24)12(8(2)3)20-14(23)10(18)7-28/h8-13,22,28H,5-7,18H2,1-4H3,(H,19,25)(H,20,23)(H,21,24)(H,26,27). The molecule has 0 radical (unpaired) electrons.